The van der Waals surface area contributed by atoms with Gasteiger partial charge in [0.2, 0.25) is 0 Å². The normalized spacial score (nSPS) is 19.3. The van der Waals surface area contributed by atoms with Gasteiger partial charge in [0.05, 0.1) is 0 Å². The van der Waals surface area contributed by atoms with Gasteiger partial charge in [-0.15, -0.1) is 0 Å². The lowest BCUT2D eigenvalue weighted by Gasteiger charge is -2.21. The number of rotatable bonds is 1. The van der Waals surface area contributed by atoms with E-state index in [0.29, 0.717) is 0 Å². The lowest BCUT2D eigenvalue weighted by molar-refractivity contribution is 0.0898. The molecule has 2 rings (SSSR count). The van der Waals surface area contributed by atoms with Crippen LogP contribution in [-0.2, 0) is 11.3 Å². The molecule has 5 heteroatoms. The molecule has 0 radical (unpaired) electrons. The smallest absolute Gasteiger partial charge is 0.408 e. The van der Waals surface area contributed by atoms with Crippen LogP contribution in [0.3, 0.4) is 0 Å². The Balaban J connectivity index is 1.95. The van der Waals surface area contributed by atoms with Crippen LogP contribution >= 0.6 is 0 Å². The number of fused-ring (bicyclic) bond motifs is 1. The zero-order valence-corrected chi connectivity index (χ0v) is 9.86. The fourth-order valence-corrected chi connectivity index (χ4v) is 1.76. The topological polar surface area (TPSA) is 56.1 Å². The molecule has 2 heterocycles. The Hall–Kier alpha value is -1.52. The van der Waals surface area contributed by atoms with E-state index in [1.54, 1.807) is 6.20 Å². The van der Waals surface area contributed by atoms with Gasteiger partial charge in [-0.2, -0.15) is 0 Å². The van der Waals surface area contributed by atoms with Crippen molar-refractivity contribution in [2.24, 2.45) is 0 Å². The number of ether oxygens (including phenoxy) is 1. The molecule has 88 valence electrons. The quantitative estimate of drug-likeness (QED) is 0.790. The Morgan fingerprint density at radius 1 is 1.62 bits per heavy atom. The van der Waals surface area contributed by atoms with E-state index in [4.69, 9.17) is 4.74 Å². The van der Waals surface area contributed by atoms with Gasteiger partial charge < -0.3 is 14.6 Å². The van der Waals surface area contributed by atoms with E-state index in [1.165, 1.54) is 0 Å². The van der Waals surface area contributed by atoms with E-state index >= 15 is 0 Å². The minimum atomic E-state index is -0.381. The van der Waals surface area contributed by atoms with Crippen LogP contribution in [0.1, 0.15) is 39.1 Å². The van der Waals surface area contributed by atoms with Crippen LogP contribution in [-0.4, -0.2) is 21.2 Å². The standard InChI is InChI=1S/C11H17N3O2/c1-11(2,3)13-10(15)16-8-4-6-14-7-5-12-9(8)14/h5,7-8H,4,6H2,1-3H3,(H,13,15)/t8-/m0/s1. The predicted molar refractivity (Wildman–Crippen MR) is 59.0 cm³/mol. The molecule has 0 aliphatic carbocycles. The molecule has 5 nitrogen and oxygen atoms in total. The third kappa shape index (κ3) is 2.35. The fourth-order valence-electron chi connectivity index (χ4n) is 1.76. The van der Waals surface area contributed by atoms with Gasteiger partial charge in [-0.1, -0.05) is 0 Å². The summed E-state index contributed by atoms with van der Waals surface area (Å²) in [6, 6.07) is 0. The summed E-state index contributed by atoms with van der Waals surface area (Å²) in [5, 5.41) is 2.77. The highest BCUT2D eigenvalue weighted by atomic mass is 16.6. The highest BCUT2D eigenvalue weighted by Crippen LogP contribution is 2.27. The molecule has 0 unspecified atom stereocenters. The Morgan fingerprint density at radius 3 is 3.06 bits per heavy atom. The van der Waals surface area contributed by atoms with E-state index in [9.17, 15) is 4.79 Å². The predicted octanol–water partition coefficient (Wildman–Crippen LogP) is 1.85. The summed E-state index contributed by atoms with van der Waals surface area (Å²) in [6.07, 6.45) is 3.85. The second-order valence-electron chi connectivity index (χ2n) is 5.04. The van der Waals surface area contributed by atoms with Crippen molar-refractivity contribution >= 4 is 6.09 Å². The van der Waals surface area contributed by atoms with Crippen LogP contribution in [0.2, 0.25) is 0 Å². The second kappa shape index (κ2) is 3.81. The summed E-state index contributed by atoms with van der Waals surface area (Å²) in [7, 11) is 0. The van der Waals surface area contributed by atoms with Gasteiger partial charge >= 0.3 is 6.09 Å². The van der Waals surface area contributed by atoms with Crippen molar-refractivity contribution in [3.63, 3.8) is 0 Å². The number of nitrogens with zero attached hydrogens (tertiary/aromatic N) is 2. The summed E-state index contributed by atoms with van der Waals surface area (Å²) in [5.41, 5.74) is -0.273. The average molecular weight is 223 g/mol. The molecule has 1 amide bonds. The lowest BCUT2D eigenvalue weighted by atomic mass is 10.1. The number of carbonyl (C=O) groups is 1. The zero-order valence-electron chi connectivity index (χ0n) is 9.86. The van der Waals surface area contributed by atoms with Crippen molar-refractivity contribution in [3.05, 3.63) is 18.2 Å². The van der Waals surface area contributed by atoms with Crippen LogP contribution in [0.4, 0.5) is 4.79 Å². The molecule has 16 heavy (non-hydrogen) atoms. The molecule has 1 atom stereocenters. The summed E-state index contributed by atoms with van der Waals surface area (Å²) in [6.45, 7) is 6.63. The van der Waals surface area contributed by atoms with Gasteiger partial charge in [0.25, 0.3) is 0 Å². The molecule has 1 aromatic heterocycles. The first-order valence-electron chi connectivity index (χ1n) is 5.45. The number of imidazole rings is 1. The first-order valence-corrected chi connectivity index (χ1v) is 5.45. The number of hydrogen-bond donors (Lipinski definition) is 1. The maximum atomic E-state index is 11.6. The van der Waals surface area contributed by atoms with E-state index in [1.807, 2.05) is 31.5 Å². The maximum Gasteiger partial charge on any atom is 0.408 e. The highest BCUT2D eigenvalue weighted by Gasteiger charge is 2.28. The highest BCUT2D eigenvalue weighted by molar-refractivity contribution is 5.68. The molecular formula is C11H17N3O2. The van der Waals surface area contributed by atoms with Crippen molar-refractivity contribution in [1.82, 2.24) is 14.9 Å². The van der Waals surface area contributed by atoms with Crippen molar-refractivity contribution in [1.29, 1.82) is 0 Å². The minimum absolute atomic E-state index is 0.211. The maximum absolute atomic E-state index is 11.6. The van der Waals surface area contributed by atoms with Gasteiger partial charge in [-0.05, 0) is 20.8 Å². The largest absolute Gasteiger partial charge is 0.438 e. The minimum Gasteiger partial charge on any atom is -0.438 e. The number of alkyl carbamates (subject to hydrolysis) is 1. The van der Waals surface area contributed by atoms with Crippen molar-refractivity contribution in [2.45, 2.75) is 45.4 Å². The van der Waals surface area contributed by atoms with Crippen LogP contribution in [0, 0.1) is 0 Å². The molecule has 0 saturated carbocycles. The molecule has 0 spiro atoms. The van der Waals surface area contributed by atoms with E-state index < -0.39 is 0 Å². The number of hydrogen-bond acceptors (Lipinski definition) is 3. The SMILES string of the molecule is CC(C)(C)NC(=O)O[C@H]1CCn2ccnc21. The Bertz CT molecular complexity index is 392. The lowest BCUT2D eigenvalue weighted by Crippen LogP contribution is -2.41. The van der Waals surface area contributed by atoms with Crippen molar-refractivity contribution in [2.75, 3.05) is 0 Å². The summed E-state index contributed by atoms with van der Waals surface area (Å²) < 4.78 is 7.35. The number of nitrogens with one attached hydrogen (secondary N) is 1. The van der Waals surface area contributed by atoms with Crippen LogP contribution < -0.4 is 5.32 Å². The number of carbonyl (C=O) groups excluding carboxylic acids is 1. The second-order valence-corrected chi connectivity index (χ2v) is 5.04. The Kier molecular flexibility index (Phi) is 2.61. The van der Waals surface area contributed by atoms with E-state index in [2.05, 4.69) is 10.3 Å². The Labute approximate surface area is 94.8 Å². The number of amides is 1. The zero-order chi connectivity index (χ0) is 11.8. The van der Waals surface area contributed by atoms with Gasteiger partial charge in [-0.25, -0.2) is 9.78 Å². The molecule has 1 N–H and O–H groups in total. The molecule has 1 aliphatic heterocycles. The van der Waals surface area contributed by atoms with Gasteiger partial charge in [0.15, 0.2) is 6.10 Å². The average Bonchev–Trinajstić information content (AvgIpc) is 2.66. The van der Waals surface area contributed by atoms with Crippen LogP contribution in [0.5, 0.6) is 0 Å². The molecule has 0 bridgehead atoms. The first-order chi connectivity index (χ1) is 7.46. The molecular weight excluding hydrogens is 206 g/mol. The summed E-state index contributed by atoms with van der Waals surface area (Å²) in [4.78, 5) is 15.8. The fraction of sp³-hybridized carbons (Fsp3) is 0.636. The molecule has 1 aliphatic rings. The Morgan fingerprint density at radius 2 is 2.38 bits per heavy atom. The van der Waals surface area contributed by atoms with Gasteiger partial charge in [-0.3, -0.25) is 0 Å². The third-order valence-electron chi connectivity index (χ3n) is 2.39. The van der Waals surface area contributed by atoms with Crippen molar-refractivity contribution in [3.8, 4) is 0 Å². The number of aryl methyl sites for hydroxylation is 1. The van der Waals surface area contributed by atoms with Gasteiger partial charge in [0.1, 0.15) is 5.82 Å². The molecule has 0 saturated heterocycles. The molecule has 1 aromatic rings. The van der Waals surface area contributed by atoms with E-state index in [0.717, 1.165) is 18.8 Å². The first kappa shape index (κ1) is 11.0. The van der Waals surface area contributed by atoms with Crippen LogP contribution in [0.15, 0.2) is 12.4 Å². The summed E-state index contributed by atoms with van der Waals surface area (Å²) in [5.74, 6) is 0.837. The molecule has 0 fully saturated rings. The number of aromatic nitrogens is 2. The third-order valence-corrected chi connectivity index (χ3v) is 2.39. The summed E-state index contributed by atoms with van der Waals surface area (Å²) >= 11 is 0. The monoisotopic (exact) mass is 223 g/mol. The molecule has 0 aromatic carbocycles. The van der Waals surface area contributed by atoms with Crippen LogP contribution in [0.25, 0.3) is 0 Å². The van der Waals surface area contributed by atoms with Crippen molar-refractivity contribution < 1.29 is 9.53 Å². The van der Waals surface area contributed by atoms with E-state index in [-0.39, 0.29) is 17.7 Å². The van der Waals surface area contributed by atoms with Gasteiger partial charge in [0, 0.05) is 30.9 Å².